The van der Waals surface area contributed by atoms with Gasteiger partial charge in [-0.1, -0.05) is 32.4 Å². The normalized spacial score (nSPS) is 18.3. The molecule has 1 aliphatic rings. The zero-order chi connectivity index (χ0) is 16.3. The summed E-state index contributed by atoms with van der Waals surface area (Å²) < 4.78 is 19.7. The Balaban J connectivity index is 2.39. The molecule has 0 aliphatic carbocycles. The first-order valence-electron chi connectivity index (χ1n) is 7.91. The number of piperazine rings is 1. The molecule has 0 spiro atoms. The van der Waals surface area contributed by atoms with Crippen LogP contribution >= 0.6 is 11.6 Å². The molecule has 0 unspecified atom stereocenters. The average Bonchev–Trinajstić information content (AvgIpc) is 2.43. The number of hydrogen-bond donors (Lipinski definition) is 1. The van der Waals surface area contributed by atoms with Crippen molar-refractivity contribution in [3.8, 4) is 5.75 Å². The fraction of sp³-hybridized carbons (Fsp3) is 0.647. The van der Waals surface area contributed by atoms with Gasteiger partial charge in [0.25, 0.3) is 0 Å². The Morgan fingerprint density at radius 3 is 2.45 bits per heavy atom. The highest BCUT2D eigenvalue weighted by Crippen LogP contribution is 2.41. The van der Waals surface area contributed by atoms with E-state index in [1.807, 2.05) is 13.0 Å². The topological polar surface area (TPSA) is 24.5 Å². The third-order valence-corrected chi connectivity index (χ3v) is 4.24. The molecule has 1 aliphatic heterocycles. The second-order valence-corrected chi connectivity index (χ2v) is 7.21. The zero-order valence-corrected chi connectivity index (χ0v) is 14.6. The van der Waals surface area contributed by atoms with E-state index in [4.69, 9.17) is 16.3 Å². The van der Waals surface area contributed by atoms with Gasteiger partial charge in [0.05, 0.1) is 11.6 Å². The predicted molar refractivity (Wildman–Crippen MR) is 89.2 cm³/mol. The van der Waals surface area contributed by atoms with Gasteiger partial charge in [-0.2, -0.15) is 0 Å². The molecule has 0 bridgehead atoms. The summed E-state index contributed by atoms with van der Waals surface area (Å²) in [6, 6.07) is 3.56. The van der Waals surface area contributed by atoms with E-state index in [-0.39, 0.29) is 23.0 Å². The van der Waals surface area contributed by atoms with Crippen molar-refractivity contribution in [2.24, 2.45) is 5.41 Å². The Morgan fingerprint density at radius 1 is 1.32 bits per heavy atom. The number of nitrogens with one attached hydrogen (secondary N) is 1. The number of hydrogen-bond acceptors (Lipinski definition) is 3. The lowest BCUT2D eigenvalue weighted by Crippen LogP contribution is -2.48. The first kappa shape index (κ1) is 17.5. The maximum Gasteiger partial charge on any atom is 0.173 e. The van der Waals surface area contributed by atoms with E-state index in [0.717, 1.165) is 31.7 Å². The van der Waals surface area contributed by atoms with Gasteiger partial charge in [0.15, 0.2) is 11.6 Å². The average molecular weight is 329 g/mol. The third kappa shape index (κ3) is 3.92. The molecule has 0 radical (unpaired) electrons. The van der Waals surface area contributed by atoms with Crippen molar-refractivity contribution < 1.29 is 9.13 Å². The highest BCUT2D eigenvalue weighted by atomic mass is 35.5. The number of ether oxygens (including phenoxy) is 1. The van der Waals surface area contributed by atoms with Crippen molar-refractivity contribution >= 4 is 11.6 Å². The van der Waals surface area contributed by atoms with Crippen LogP contribution in [-0.2, 0) is 0 Å². The van der Waals surface area contributed by atoms with Gasteiger partial charge in [-0.05, 0) is 30.0 Å². The summed E-state index contributed by atoms with van der Waals surface area (Å²) in [4.78, 5) is 2.40. The van der Waals surface area contributed by atoms with Crippen LogP contribution in [0.4, 0.5) is 4.39 Å². The second kappa shape index (κ2) is 7.16. The molecule has 1 N–H and O–H groups in total. The van der Waals surface area contributed by atoms with Gasteiger partial charge in [-0.25, -0.2) is 4.39 Å². The molecular formula is C17H26ClFN2O. The lowest BCUT2D eigenvalue weighted by Gasteiger charge is -2.42. The minimum atomic E-state index is -0.381. The van der Waals surface area contributed by atoms with Crippen LogP contribution < -0.4 is 10.1 Å². The van der Waals surface area contributed by atoms with Crippen molar-refractivity contribution in [3.05, 3.63) is 28.5 Å². The summed E-state index contributed by atoms with van der Waals surface area (Å²) in [6.07, 6.45) is 0. The first-order chi connectivity index (χ1) is 10.3. The summed E-state index contributed by atoms with van der Waals surface area (Å²) in [7, 11) is 0. The Labute approximate surface area is 137 Å². The number of halogens is 2. The molecule has 0 amide bonds. The van der Waals surface area contributed by atoms with Gasteiger partial charge in [-0.3, -0.25) is 4.90 Å². The molecular weight excluding hydrogens is 303 g/mol. The smallest absolute Gasteiger partial charge is 0.173 e. The van der Waals surface area contributed by atoms with E-state index >= 15 is 0 Å². The Hall–Kier alpha value is -0.840. The number of benzene rings is 1. The van der Waals surface area contributed by atoms with Gasteiger partial charge in [0.2, 0.25) is 0 Å². The summed E-state index contributed by atoms with van der Waals surface area (Å²) in [5.74, 6) is -0.227. The molecule has 3 nitrogen and oxygen atoms in total. The van der Waals surface area contributed by atoms with E-state index in [1.165, 1.54) is 0 Å². The fourth-order valence-electron chi connectivity index (χ4n) is 3.22. The standard InChI is InChI=1S/C17H26ClFN2O/c1-5-22-15-13(18)10-12(11-14(15)19)16(17(2,3)4)21-8-6-20-7-9-21/h10-11,16,20H,5-9H2,1-4H3/t16-/m0/s1. The molecule has 0 saturated carbocycles. The van der Waals surface area contributed by atoms with Gasteiger partial charge < -0.3 is 10.1 Å². The molecule has 5 heteroatoms. The highest BCUT2D eigenvalue weighted by molar-refractivity contribution is 6.32. The number of nitrogens with zero attached hydrogens (tertiary/aromatic N) is 1. The molecule has 1 heterocycles. The van der Waals surface area contributed by atoms with Crippen LogP contribution in [-0.4, -0.2) is 37.7 Å². The largest absolute Gasteiger partial charge is 0.489 e. The maximum absolute atomic E-state index is 14.4. The SMILES string of the molecule is CCOc1c(F)cc([C@H](N2CCNCC2)C(C)(C)C)cc1Cl. The minimum Gasteiger partial charge on any atom is -0.489 e. The Kier molecular flexibility index (Phi) is 5.70. The molecule has 1 fully saturated rings. The first-order valence-corrected chi connectivity index (χ1v) is 8.29. The van der Waals surface area contributed by atoms with E-state index < -0.39 is 0 Å². The highest BCUT2D eigenvalue weighted by Gasteiger charge is 2.33. The molecule has 0 aromatic heterocycles. The monoisotopic (exact) mass is 328 g/mol. The summed E-state index contributed by atoms with van der Waals surface area (Å²) in [6.45, 7) is 12.6. The molecule has 1 aromatic rings. The van der Waals surface area contributed by atoms with Crippen molar-refractivity contribution in [1.29, 1.82) is 0 Å². The molecule has 1 atom stereocenters. The molecule has 1 aromatic carbocycles. The van der Waals surface area contributed by atoms with Crippen molar-refractivity contribution in [2.45, 2.75) is 33.7 Å². The van der Waals surface area contributed by atoms with Crippen LogP contribution in [0.15, 0.2) is 12.1 Å². The summed E-state index contributed by atoms with van der Waals surface area (Å²) in [5.41, 5.74) is 0.903. The second-order valence-electron chi connectivity index (χ2n) is 6.80. The van der Waals surface area contributed by atoms with E-state index in [9.17, 15) is 4.39 Å². The van der Waals surface area contributed by atoms with Crippen molar-refractivity contribution in [2.75, 3.05) is 32.8 Å². The van der Waals surface area contributed by atoms with Crippen LogP contribution in [0.5, 0.6) is 5.75 Å². The van der Waals surface area contributed by atoms with Crippen LogP contribution in [0.1, 0.15) is 39.3 Å². The van der Waals surface area contributed by atoms with Crippen LogP contribution in [0.3, 0.4) is 0 Å². The maximum atomic E-state index is 14.4. The number of rotatable bonds is 4. The summed E-state index contributed by atoms with van der Waals surface area (Å²) in [5, 5.41) is 3.71. The van der Waals surface area contributed by atoms with E-state index in [0.29, 0.717) is 11.6 Å². The van der Waals surface area contributed by atoms with Crippen LogP contribution in [0.25, 0.3) is 0 Å². The van der Waals surface area contributed by atoms with Gasteiger partial charge in [-0.15, -0.1) is 0 Å². The Morgan fingerprint density at radius 2 is 1.95 bits per heavy atom. The molecule has 1 saturated heterocycles. The van der Waals surface area contributed by atoms with Gasteiger partial charge >= 0.3 is 0 Å². The summed E-state index contributed by atoms with van der Waals surface area (Å²) >= 11 is 6.25. The lowest BCUT2D eigenvalue weighted by molar-refractivity contribution is 0.0859. The lowest BCUT2D eigenvalue weighted by atomic mass is 9.81. The molecule has 2 rings (SSSR count). The van der Waals surface area contributed by atoms with Crippen molar-refractivity contribution in [1.82, 2.24) is 10.2 Å². The quantitative estimate of drug-likeness (QED) is 0.908. The van der Waals surface area contributed by atoms with Gasteiger partial charge in [0.1, 0.15) is 0 Å². The predicted octanol–water partition coefficient (Wildman–Crippen LogP) is 3.87. The third-order valence-electron chi connectivity index (χ3n) is 3.96. The van der Waals surface area contributed by atoms with Gasteiger partial charge in [0, 0.05) is 32.2 Å². The van der Waals surface area contributed by atoms with Crippen LogP contribution in [0.2, 0.25) is 5.02 Å². The Bertz CT molecular complexity index is 487. The van der Waals surface area contributed by atoms with E-state index in [2.05, 4.69) is 31.0 Å². The zero-order valence-electron chi connectivity index (χ0n) is 13.9. The van der Waals surface area contributed by atoms with Crippen LogP contribution in [0, 0.1) is 11.2 Å². The molecule has 22 heavy (non-hydrogen) atoms. The van der Waals surface area contributed by atoms with E-state index in [1.54, 1.807) is 6.07 Å². The van der Waals surface area contributed by atoms with Crippen molar-refractivity contribution in [3.63, 3.8) is 0 Å². The fourth-order valence-corrected chi connectivity index (χ4v) is 3.49. The minimum absolute atomic E-state index is 0.0137. The molecule has 124 valence electrons.